The molecule has 5 nitrogen and oxygen atoms in total. The summed E-state index contributed by atoms with van der Waals surface area (Å²) in [4.78, 5) is 23.4. The molecule has 3 aromatic rings. The van der Waals surface area contributed by atoms with E-state index in [1.54, 1.807) is 22.0 Å². The van der Waals surface area contributed by atoms with E-state index < -0.39 is 5.82 Å². The van der Waals surface area contributed by atoms with Gasteiger partial charge < -0.3 is 9.47 Å². The minimum absolute atomic E-state index is 0.107. The molecule has 0 aliphatic carbocycles. The zero-order valence-electron chi connectivity index (χ0n) is 16.4. The van der Waals surface area contributed by atoms with Crippen molar-refractivity contribution in [3.8, 4) is 0 Å². The summed E-state index contributed by atoms with van der Waals surface area (Å²) < 4.78 is 16.4. The van der Waals surface area contributed by atoms with Crippen molar-refractivity contribution >= 4 is 38.3 Å². The van der Waals surface area contributed by atoms with Gasteiger partial charge in [0, 0.05) is 25.2 Å². The van der Waals surface area contributed by atoms with Gasteiger partial charge in [0.15, 0.2) is 0 Å². The van der Waals surface area contributed by atoms with Crippen LogP contribution in [0.4, 0.5) is 4.39 Å². The molecule has 154 valence electrons. The highest BCUT2D eigenvalue weighted by Crippen LogP contribution is 2.28. The van der Waals surface area contributed by atoms with Gasteiger partial charge in [-0.3, -0.25) is 9.78 Å². The molecule has 0 aromatic carbocycles. The summed E-state index contributed by atoms with van der Waals surface area (Å²) in [6.07, 6.45) is 5.76. The van der Waals surface area contributed by atoms with Crippen molar-refractivity contribution in [3.63, 3.8) is 0 Å². The first-order chi connectivity index (χ1) is 14.0. The summed E-state index contributed by atoms with van der Waals surface area (Å²) in [6, 6.07) is 4.56. The third kappa shape index (κ3) is 4.92. The van der Waals surface area contributed by atoms with Gasteiger partial charge in [0.05, 0.1) is 31.7 Å². The Labute approximate surface area is 181 Å². The molecule has 0 saturated carbocycles. The van der Waals surface area contributed by atoms with Crippen molar-refractivity contribution in [2.24, 2.45) is 5.92 Å². The van der Waals surface area contributed by atoms with Crippen LogP contribution in [0.2, 0.25) is 0 Å². The van der Waals surface area contributed by atoms with Crippen LogP contribution in [0.3, 0.4) is 0 Å². The summed E-state index contributed by atoms with van der Waals surface area (Å²) in [5.41, 5.74) is 2.19. The maximum atomic E-state index is 13.6. The van der Waals surface area contributed by atoms with E-state index in [9.17, 15) is 9.18 Å². The van der Waals surface area contributed by atoms with Crippen LogP contribution in [0.1, 0.15) is 30.0 Å². The second-order valence-corrected chi connectivity index (χ2v) is 10.1. The maximum Gasteiger partial charge on any atom is 0.251 e. The number of halogens is 2. The van der Waals surface area contributed by atoms with E-state index in [0.29, 0.717) is 17.6 Å². The Kier molecular flexibility index (Phi) is 6.41. The van der Waals surface area contributed by atoms with E-state index in [1.807, 2.05) is 6.92 Å². The van der Waals surface area contributed by atoms with Crippen LogP contribution in [-0.2, 0) is 13.0 Å². The van der Waals surface area contributed by atoms with Gasteiger partial charge in [0.2, 0.25) is 0 Å². The highest BCUT2D eigenvalue weighted by Gasteiger charge is 2.20. The number of aryl methyl sites for hydroxylation is 2. The SMILES string of the molecule is Cc1nc(CCC2CCN(CCn3c(=O)ccc4ncc(F)cc43)CC2)sc1Br. The van der Waals surface area contributed by atoms with Crippen LogP contribution in [-0.4, -0.2) is 39.1 Å². The van der Waals surface area contributed by atoms with E-state index in [-0.39, 0.29) is 5.56 Å². The first-order valence-corrected chi connectivity index (χ1v) is 11.6. The molecule has 3 aromatic heterocycles. The van der Waals surface area contributed by atoms with Crippen LogP contribution in [0, 0.1) is 18.7 Å². The van der Waals surface area contributed by atoms with Gasteiger partial charge in [-0.1, -0.05) is 0 Å². The number of aromatic nitrogens is 3. The molecule has 4 heterocycles. The lowest BCUT2D eigenvalue weighted by atomic mass is 9.92. The minimum Gasteiger partial charge on any atom is -0.305 e. The number of thiazole rings is 1. The zero-order chi connectivity index (χ0) is 20.4. The van der Waals surface area contributed by atoms with E-state index in [4.69, 9.17) is 0 Å². The molecule has 0 N–H and O–H groups in total. The second kappa shape index (κ2) is 9.02. The number of nitrogens with zero attached hydrogens (tertiary/aromatic N) is 4. The first kappa shape index (κ1) is 20.6. The maximum absolute atomic E-state index is 13.6. The van der Waals surface area contributed by atoms with Gasteiger partial charge >= 0.3 is 0 Å². The number of hydrogen-bond acceptors (Lipinski definition) is 5. The van der Waals surface area contributed by atoms with Crippen molar-refractivity contribution in [2.45, 2.75) is 39.2 Å². The third-order valence-electron chi connectivity index (χ3n) is 5.70. The number of likely N-dealkylation sites (tertiary alicyclic amines) is 1. The van der Waals surface area contributed by atoms with E-state index >= 15 is 0 Å². The minimum atomic E-state index is -0.417. The standard InChI is InChI=1S/C21H24BrFN4OS/c1-14-21(22)29-19(25-14)4-2-15-6-8-26(9-7-15)10-11-27-18-12-16(23)13-24-17(18)3-5-20(27)28/h3,5,12-13,15H,2,4,6-11H2,1H3. The number of rotatable bonds is 6. The van der Waals surface area contributed by atoms with E-state index in [1.165, 1.54) is 42.6 Å². The summed E-state index contributed by atoms with van der Waals surface area (Å²) in [7, 11) is 0. The summed E-state index contributed by atoms with van der Waals surface area (Å²) in [5, 5.41) is 1.22. The van der Waals surface area contributed by atoms with Crippen molar-refractivity contribution in [2.75, 3.05) is 19.6 Å². The Hall–Kier alpha value is -1.64. The molecule has 1 aliphatic rings. The molecule has 1 saturated heterocycles. The van der Waals surface area contributed by atoms with Gasteiger partial charge in [0.25, 0.3) is 5.56 Å². The first-order valence-electron chi connectivity index (χ1n) is 9.99. The molecular formula is C21H24BrFN4OS. The van der Waals surface area contributed by atoms with Gasteiger partial charge in [-0.2, -0.15) is 0 Å². The molecule has 1 aliphatic heterocycles. The quantitative estimate of drug-likeness (QED) is 0.526. The van der Waals surface area contributed by atoms with Crippen LogP contribution < -0.4 is 5.56 Å². The zero-order valence-corrected chi connectivity index (χ0v) is 18.8. The topological polar surface area (TPSA) is 51.0 Å². The van der Waals surface area contributed by atoms with Gasteiger partial charge in [-0.25, -0.2) is 9.37 Å². The fraction of sp³-hybridized carbons (Fsp3) is 0.476. The smallest absolute Gasteiger partial charge is 0.251 e. The number of fused-ring (bicyclic) bond motifs is 1. The van der Waals surface area contributed by atoms with E-state index in [0.717, 1.165) is 41.5 Å². The van der Waals surface area contributed by atoms with Crippen molar-refractivity contribution in [1.29, 1.82) is 0 Å². The Bertz CT molecular complexity index is 1040. The summed E-state index contributed by atoms with van der Waals surface area (Å²) in [6.45, 7) is 5.46. The Balaban J connectivity index is 1.30. The normalized spacial score (nSPS) is 16.0. The lowest BCUT2D eigenvalue weighted by Gasteiger charge is -2.32. The average Bonchev–Trinajstić information content (AvgIpc) is 3.04. The second-order valence-electron chi connectivity index (χ2n) is 7.67. The Morgan fingerprint density at radius 3 is 2.79 bits per heavy atom. The Morgan fingerprint density at radius 1 is 1.28 bits per heavy atom. The van der Waals surface area contributed by atoms with Crippen molar-refractivity contribution < 1.29 is 4.39 Å². The van der Waals surface area contributed by atoms with E-state index in [2.05, 4.69) is 30.8 Å². The van der Waals surface area contributed by atoms with Crippen LogP contribution in [0.15, 0.2) is 33.0 Å². The predicted octanol–water partition coefficient (Wildman–Crippen LogP) is 4.41. The lowest BCUT2D eigenvalue weighted by Crippen LogP contribution is -2.37. The summed E-state index contributed by atoms with van der Waals surface area (Å²) in [5.74, 6) is 0.313. The van der Waals surface area contributed by atoms with Crippen LogP contribution in [0.25, 0.3) is 11.0 Å². The molecule has 0 spiro atoms. The lowest BCUT2D eigenvalue weighted by molar-refractivity contribution is 0.174. The third-order valence-corrected chi connectivity index (χ3v) is 7.77. The molecule has 29 heavy (non-hydrogen) atoms. The molecule has 0 unspecified atom stereocenters. The monoisotopic (exact) mass is 478 g/mol. The highest BCUT2D eigenvalue weighted by molar-refractivity contribution is 9.11. The molecule has 0 amide bonds. The molecular weight excluding hydrogens is 455 g/mol. The molecule has 1 fully saturated rings. The van der Waals surface area contributed by atoms with Crippen molar-refractivity contribution in [3.05, 3.63) is 55.1 Å². The average molecular weight is 479 g/mol. The highest BCUT2D eigenvalue weighted by atomic mass is 79.9. The largest absolute Gasteiger partial charge is 0.305 e. The van der Waals surface area contributed by atoms with Gasteiger partial charge in [0.1, 0.15) is 5.82 Å². The predicted molar refractivity (Wildman–Crippen MR) is 118 cm³/mol. The van der Waals surface area contributed by atoms with Gasteiger partial charge in [-0.15, -0.1) is 11.3 Å². The fourth-order valence-electron chi connectivity index (χ4n) is 3.98. The Morgan fingerprint density at radius 2 is 2.07 bits per heavy atom. The fourth-order valence-corrected chi connectivity index (χ4v) is 5.43. The van der Waals surface area contributed by atoms with Crippen LogP contribution >= 0.6 is 27.3 Å². The van der Waals surface area contributed by atoms with Crippen molar-refractivity contribution in [1.82, 2.24) is 19.4 Å². The molecule has 0 bridgehead atoms. The van der Waals surface area contributed by atoms with Crippen LogP contribution in [0.5, 0.6) is 0 Å². The summed E-state index contributed by atoms with van der Waals surface area (Å²) >= 11 is 5.29. The molecule has 4 rings (SSSR count). The number of hydrogen-bond donors (Lipinski definition) is 0. The molecule has 8 heteroatoms. The number of piperidine rings is 1. The van der Waals surface area contributed by atoms with Gasteiger partial charge in [-0.05, 0) is 73.6 Å². The number of pyridine rings is 2. The molecule has 0 radical (unpaired) electrons. The molecule has 0 atom stereocenters.